The van der Waals surface area contributed by atoms with Crippen LogP contribution in [0.15, 0.2) is 67.0 Å². The third kappa shape index (κ3) is 2.29. The molecule has 0 aliphatic heterocycles. The monoisotopic (exact) mass is 265 g/mol. The molecule has 0 spiro atoms. The number of rotatable bonds is 3. The molecule has 0 unspecified atom stereocenters. The Morgan fingerprint density at radius 2 is 1.65 bits per heavy atom. The number of nitro groups is 1. The van der Waals surface area contributed by atoms with Crippen LogP contribution < -0.4 is 0 Å². The molecule has 0 saturated heterocycles. The number of nitrogens with zero attached hydrogens (tertiary/aromatic N) is 3. The maximum Gasteiger partial charge on any atom is 0.269 e. The molecule has 0 amide bonds. The summed E-state index contributed by atoms with van der Waals surface area (Å²) in [4.78, 5) is 10.2. The first-order valence-corrected chi connectivity index (χ1v) is 6.09. The van der Waals surface area contributed by atoms with E-state index in [0.29, 0.717) is 0 Å². The van der Waals surface area contributed by atoms with E-state index in [1.54, 1.807) is 23.0 Å². The molecule has 5 heteroatoms. The van der Waals surface area contributed by atoms with Crippen LogP contribution in [0.1, 0.15) is 0 Å². The number of nitro benzene ring substituents is 1. The van der Waals surface area contributed by atoms with Crippen molar-refractivity contribution in [3.8, 4) is 16.8 Å². The molecule has 0 atom stereocenters. The lowest BCUT2D eigenvalue weighted by Gasteiger charge is -1.99. The molecule has 1 aromatic heterocycles. The Hall–Kier alpha value is -2.95. The van der Waals surface area contributed by atoms with Crippen molar-refractivity contribution in [2.75, 3.05) is 0 Å². The number of hydrogen-bond acceptors (Lipinski definition) is 3. The van der Waals surface area contributed by atoms with Crippen molar-refractivity contribution < 1.29 is 4.92 Å². The fraction of sp³-hybridized carbons (Fsp3) is 0. The first kappa shape index (κ1) is 12.1. The summed E-state index contributed by atoms with van der Waals surface area (Å²) in [6, 6.07) is 16.2. The Kier molecular flexibility index (Phi) is 3.01. The minimum atomic E-state index is -0.406. The number of aromatic nitrogens is 2. The second kappa shape index (κ2) is 4.97. The average molecular weight is 265 g/mol. The van der Waals surface area contributed by atoms with Gasteiger partial charge in [0, 0.05) is 23.9 Å². The molecule has 0 N–H and O–H groups in total. The Balaban J connectivity index is 1.92. The van der Waals surface area contributed by atoms with Crippen molar-refractivity contribution in [3.63, 3.8) is 0 Å². The summed E-state index contributed by atoms with van der Waals surface area (Å²) < 4.78 is 1.77. The minimum Gasteiger partial charge on any atom is -0.258 e. The molecule has 0 saturated carbocycles. The van der Waals surface area contributed by atoms with Crippen LogP contribution in [0.25, 0.3) is 16.8 Å². The molecule has 0 bridgehead atoms. The van der Waals surface area contributed by atoms with Gasteiger partial charge >= 0.3 is 0 Å². The average Bonchev–Trinajstić information content (AvgIpc) is 2.98. The highest BCUT2D eigenvalue weighted by Gasteiger charge is 2.07. The van der Waals surface area contributed by atoms with Crippen LogP contribution in [-0.2, 0) is 0 Å². The molecule has 0 aliphatic carbocycles. The SMILES string of the molecule is O=[N+]([O-])c1ccc(-c2cnn(-c3ccccc3)c2)cc1. The van der Waals surface area contributed by atoms with E-state index in [9.17, 15) is 10.1 Å². The summed E-state index contributed by atoms with van der Waals surface area (Å²) in [5.74, 6) is 0. The summed E-state index contributed by atoms with van der Waals surface area (Å²) >= 11 is 0. The van der Waals surface area contributed by atoms with Crippen LogP contribution in [0.3, 0.4) is 0 Å². The van der Waals surface area contributed by atoms with Crippen LogP contribution in [0.2, 0.25) is 0 Å². The number of benzene rings is 2. The summed E-state index contributed by atoms with van der Waals surface area (Å²) in [5.41, 5.74) is 2.88. The lowest BCUT2D eigenvalue weighted by molar-refractivity contribution is -0.384. The Labute approximate surface area is 115 Å². The highest BCUT2D eigenvalue weighted by atomic mass is 16.6. The van der Waals surface area contributed by atoms with Crippen LogP contribution in [-0.4, -0.2) is 14.7 Å². The predicted molar refractivity (Wildman–Crippen MR) is 75.7 cm³/mol. The quantitative estimate of drug-likeness (QED) is 0.538. The van der Waals surface area contributed by atoms with Crippen LogP contribution in [0.4, 0.5) is 5.69 Å². The van der Waals surface area contributed by atoms with Crippen LogP contribution >= 0.6 is 0 Å². The van der Waals surface area contributed by atoms with Crippen molar-refractivity contribution in [1.82, 2.24) is 9.78 Å². The van der Waals surface area contributed by atoms with Crippen molar-refractivity contribution in [3.05, 3.63) is 77.1 Å². The van der Waals surface area contributed by atoms with Gasteiger partial charge in [0.2, 0.25) is 0 Å². The highest BCUT2D eigenvalue weighted by molar-refractivity contribution is 5.63. The highest BCUT2D eigenvalue weighted by Crippen LogP contribution is 2.22. The standard InChI is InChI=1S/C15H11N3O2/c19-18(20)15-8-6-12(7-9-15)13-10-16-17(11-13)14-4-2-1-3-5-14/h1-11H. The van der Waals surface area contributed by atoms with Gasteiger partial charge in [0.05, 0.1) is 16.8 Å². The Morgan fingerprint density at radius 3 is 2.30 bits per heavy atom. The van der Waals surface area contributed by atoms with Gasteiger partial charge in [0.25, 0.3) is 5.69 Å². The fourth-order valence-electron chi connectivity index (χ4n) is 1.97. The van der Waals surface area contributed by atoms with E-state index in [4.69, 9.17) is 0 Å². The first-order valence-electron chi connectivity index (χ1n) is 6.09. The first-order chi connectivity index (χ1) is 9.74. The maximum atomic E-state index is 10.6. The van der Waals surface area contributed by atoms with Gasteiger partial charge in [-0.3, -0.25) is 10.1 Å². The van der Waals surface area contributed by atoms with E-state index in [0.717, 1.165) is 16.8 Å². The number of para-hydroxylation sites is 1. The normalized spacial score (nSPS) is 10.4. The van der Waals surface area contributed by atoms with Crippen molar-refractivity contribution in [2.24, 2.45) is 0 Å². The van der Waals surface area contributed by atoms with E-state index < -0.39 is 4.92 Å². The molecular weight excluding hydrogens is 254 g/mol. The molecule has 1 heterocycles. The van der Waals surface area contributed by atoms with E-state index in [1.165, 1.54) is 12.1 Å². The zero-order valence-corrected chi connectivity index (χ0v) is 10.5. The van der Waals surface area contributed by atoms with Gasteiger partial charge < -0.3 is 0 Å². The van der Waals surface area contributed by atoms with Gasteiger partial charge in [-0.1, -0.05) is 18.2 Å². The minimum absolute atomic E-state index is 0.0872. The smallest absolute Gasteiger partial charge is 0.258 e. The van der Waals surface area contributed by atoms with Crippen LogP contribution in [0, 0.1) is 10.1 Å². The molecule has 3 rings (SSSR count). The predicted octanol–water partition coefficient (Wildman–Crippen LogP) is 3.45. The molecule has 0 radical (unpaired) electrons. The van der Waals surface area contributed by atoms with E-state index in [2.05, 4.69) is 5.10 Å². The van der Waals surface area contributed by atoms with Gasteiger partial charge in [-0.05, 0) is 29.8 Å². The zero-order valence-electron chi connectivity index (χ0n) is 10.5. The largest absolute Gasteiger partial charge is 0.269 e. The molecule has 5 nitrogen and oxygen atoms in total. The topological polar surface area (TPSA) is 61.0 Å². The second-order valence-electron chi connectivity index (χ2n) is 4.31. The number of hydrogen-bond donors (Lipinski definition) is 0. The Morgan fingerprint density at radius 1 is 0.950 bits per heavy atom. The fourth-order valence-corrected chi connectivity index (χ4v) is 1.97. The van der Waals surface area contributed by atoms with E-state index in [1.807, 2.05) is 36.5 Å². The number of non-ortho nitro benzene ring substituents is 1. The molecule has 0 fully saturated rings. The van der Waals surface area contributed by atoms with Crippen molar-refractivity contribution in [2.45, 2.75) is 0 Å². The molecular formula is C15H11N3O2. The summed E-state index contributed by atoms with van der Waals surface area (Å²) in [6.45, 7) is 0. The third-order valence-corrected chi connectivity index (χ3v) is 3.01. The van der Waals surface area contributed by atoms with Crippen molar-refractivity contribution >= 4 is 5.69 Å². The van der Waals surface area contributed by atoms with Gasteiger partial charge in [-0.2, -0.15) is 5.10 Å². The van der Waals surface area contributed by atoms with Crippen molar-refractivity contribution in [1.29, 1.82) is 0 Å². The van der Waals surface area contributed by atoms with Gasteiger partial charge in [-0.15, -0.1) is 0 Å². The summed E-state index contributed by atoms with van der Waals surface area (Å²) in [5, 5.41) is 14.9. The van der Waals surface area contributed by atoms with Gasteiger partial charge in [0.1, 0.15) is 0 Å². The van der Waals surface area contributed by atoms with Gasteiger partial charge in [0.15, 0.2) is 0 Å². The van der Waals surface area contributed by atoms with Crippen LogP contribution in [0.5, 0.6) is 0 Å². The lowest BCUT2D eigenvalue weighted by Crippen LogP contribution is -1.92. The van der Waals surface area contributed by atoms with Gasteiger partial charge in [-0.25, -0.2) is 4.68 Å². The second-order valence-corrected chi connectivity index (χ2v) is 4.31. The third-order valence-electron chi connectivity index (χ3n) is 3.01. The van der Waals surface area contributed by atoms with E-state index in [-0.39, 0.29) is 5.69 Å². The summed E-state index contributed by atoms with van der Waals surface area (Å²) in [7, 11) is 0. The molecule has 98 valence electrons. The Bertz CT molecular complexity index is 733. The molecule has 2 aromatic carbocycles. The molecule has 0 aliphatic rings. The summed E-state index contributed by atoms with van der Waals surface area (Å²) in [6.07, 6.45) is 3.64. The van der Waals surface area contributed by atoms with E-state index >= 15 is 0 Å². The molecule has 3 aromatic rings. The lowest BCUT2D eigenvalue weighted by atomic mass is 10.1. The zero-order chi connectivity index (χ0) is 13.9. The molecule has 20 heavy (non-hydrogen) atoms. The maximum absolute atomic E-state index is 10.6.